The number of halogens is 3. The number of alkyl halides is 3. The Morgan fingerprint density at radius 2 is 1.93 bits per heavy atom. The van der Waals surface area contributed by atoms with Crippen molar-refractivity contribution in [2.45, 2.75) is 24.9 Å². The molecule has 0 aliphatic carbocycles. The van der Waals surface area contributed by atoms with Gasteiger partial charge in [0.15, 0.2) is 0 Å². The second-order valence-electron chi connectivity index (χ2n) is 7.05. The monoisotopic (exact) mass is 441 g/mol. The van der Waals surface area contributed by atoms with Crippen LogP contribution >= 0.6 is 11.3 Å². The van der Waals surface area contributed by atoms with E-state index in [1.165, 1.54) is 11.3 Å². The summed E-state index contributed by atoms with van der Waals surface area (Å²) in [5, 5.41) is 10.9. The number of likely N-dealkylation sites (tertiary alicyclic amines) is 1. The van der Waals surface area contributed by atoms with Gasteiger partial charge in [0.05, 0.1) is 22.4 Å². The third kappa shape index (κ3) is 4.16. The lowest BCUT2D eigenvalue weighted by atomic mass is 9.85. The van der Waals surface area contributed by atoms with Crippen LogP contribution in [0.1, 0.15) is 29.4 Å². The first-order chi connectivity index (χ1) is 14.0. The van der Waals surface area contributed by atoms with Gasteiger partial charge >= 0.3 is 12.1 Å². The largest absolute Gasteiger partial charge is 0.490 e. The van der Waals surface area contributed by atoms with Crippen LogP contribution < -0.4 is 4.90 Å². The van der Waals surface area contributed by atoms with Crippen LogP contribution in [0.5, 0.6) is 0 Å². The molecule has 2 aromatic heterocycles. The number of carboxylic acid groups (broad SMARTS) is 1. The molecule has 11 heteroatoms. The van der Waals surface area contributed by atoms with Gasteiger partial charge in [0.2, 0.25) is 5.91 Å². The third-order valence-electron chi connectivity index (χ3n) is 5.10. The van der Waals surface area contributed by atoms with Gasteiger partial charge in [-0.25, -0.2) is 4.79 Å². The summed E-state index contributed by atoms with van der Waals surface area (Å²) in [5.74, 6) is -2.66. The van der Waals surface area contributed by atoms with Gasteiger partial charge in [0.25, 0.3) is 5.91 Å². The summed E-state index contributed by atoms with van der Waals surface area (Å²) < 4.78 is 31.7. The first-order valence-electron chi connectivity index (χ1n) is 8.90. The van der Waals surface area contributed by atoms with Crippen molar-refractivity contribution in [3.63, 3.8) is 0 Å². The van der Waals surface area contributed by atoms with Crippen LogP contribution in [0, 0.1) is 0 Å². The first-order valence-corrected chi connectivity index (χ1v) is 9.85. The van der Waals surface area contributed by atoms with Gasteiger partial charge in [-0.2, -0.15) is 24.5 Å². The summed E-state index contributed by atoms with van der Waals surface area (Å²) in [6.45, 7) is 3.56. The molecule has 1 spiro atoms. The van der Waals surface area contributed by atoms with Gasteiger partial charge in [-0.15, -0.1) is 0 Å². The minimum Gasteiger partial charge on any atom is -0.475 e. The molecule has 0 bridgehead atoms. The number of aromatic nitrogens is 1. The first kappa shape index (κ1) is 21.8. The van der Waals surface area contributed by atoms with Crippen molar-refractivity contribution in [2.75, 3.05) is 24.5 Å². The number of carbonyl (C=O) groups excluding carboxylic acids is 2. The number of anilines is 1. The summed E-state index contributed by atoms with van der Waals surface area (Å²) >= 11 is 1.52. The van der Waals surface area contributed by atoms with Crippen molar-refractivity contribution in [2.24, 2.45) is 0 Å². The van der Waals surface area contributed by atoms with Crippen molar-refractivity contribution in [1.82, 2.24) is 9.88 Å². The maximum Gasteiger partial charge on any atom is 0.490 e. The van der Waals surface area contributed by atoms with Crippen LogP contribution in [0.25, 0.3) is 0 Å². The second kappa shape index (κ2) is 8.05. The number of aliphatic carboxylic acids is 1. The molecule has 2 amide bonds. The zero-order valence-electron chi connectivity index (χ0n) is 15.8. The number of nitrogens with zero attached hydrogens (tertiary/aromatic N) is 3. The van der Waals surface area contributed by atoms with Gasteiger partial charge in [-0.1, -0.05) is 0 Å². The van der Waals surface area contributed by atoms with Gasteiger partial charge in [0.1, 0.15) is 0 Å². The normalized spacial score (nSPS) is 20.0. The highest BCUT2D eigenvalue weighted by atomic mass is 32.1. The molecule has 2 aromatic rings. The molecule has 4 rings (SSSR count). The Morgan fingerprint density at radius 3 is 2.47 bits per heavy atom. The fourth-order valence-corrected chi connectivity index (χ4v) is 4.30. The van der Waals surface area contributed by atoms with E-state index in [-0.39, 0.29) is 17.2 Å². The summed E-state index contributed by atoms with van der Waals surface area (Å²) in [5.41, 5.74) is 2.32. The molecule has 0 saturated carbocycles. The molecule has 2 aliphatic heterocycles. The Morgan fingerprint density at radius 1 is 1.23 bits per heavy atom. The van der Waals surface area contributed by atoms with Crippen LogP contribution in [0.15, 0.2) is 35.2 Å². The number of pyridine rings is 1. The number of hydrogen-bond donors (Lipinski definition) is 1. The fourth-order valence-electron chi connectivity index (χ4n) is 3.67. The van der Waals surface area contributed by atoms with E-state index in [9.17, 15) is 22.8 Å². The Balaban J connectivity index is 0.000000318. The highest BCUT2D eigenvalue weighted by Crippen LogP contribution is 2.45. The Labute approximate surface area is 173 Å². The van der Waals surface area contributed by atoms with Gasteiger partial charge in [-0.3, -0.25) is 14.6 Å². The lowest BCUT2D eigenvalue weighted by molar-refractivity contribution is -0.192. The lowest BCUT2D eigenvalue weighted by Crippen LogP contribution is -2.40. The molecule has 7 nitrogen and oxygen atoms in total. The zero-order valence-corrected chi connectivity index (χ0v) is 16.7. The quantitative estimate of drug-likeness (QED) is 0.735. The number of fused-ring (bicyclic) bond motifs is 2. The van der Waals surface area contributed by atoms with E-state index >= 15 is 0 Å². The molecule has 1 N–H and O–H groups in total. The van der Waals surface area contributed by atoms with Crippen molar-refractivity contribution >= 4 is 34.8 Å². The van der Waals surface area contributed by atoms with E-state index in [0.717, 1.165) is 24.3 Å². The topological polar surface area (TPSA) is 90.8 Å². The van der Waals surface area contributed by atoms with Gasteiger partial charge in [0, 0.05) is 38.1 Å². The van der Waals surface area contributed by atoms with Gasteiger partial charge in [-0.05, 0) is 30.0 Å². The van der Waals surface area contributed by atoms with E-state index < -0.39 is 12.1 Å². The summed E-state index contributed by atoms with van der Waals surface area (Å²) in [4.78, 5) is 41.7. The molecule has 160 valence electrons. The van der Waals surface area contributed by atoms with E-state index in [2.05, 4.69) is 4.98 Å². The molecule has 1 unspecified atom stereocenters. The fraction of sp³-hybridized carbons (Fsp3) is 0.368. The van der Waals surface area contributed by atoms with E-state index in [1.54, 1.807) is 13.1 Å². The maximum atomic E-state index is 12.9. The smallest absolute Gasteiger partial charge is 0.475 e. The molecule has 0 aromatic carbocycles. The molecule has 1 atom stereocenters. The van der Waals surface area contributed by atoms with Crippen LogP contribution in [0.4, 0.5) is 18.9 Å². The standard InChI is InChI=1S/C17H17N3O2S.C2HF3O2/c1-12(21)19-7-5-17(10-19)11-20(14-3-2-6-18-15(14)17)16(22)13-4-8-23-9-13;3-2(4,5)1(6)7/h2-4,6,8-9H,5,7,10-11H2,1H3;(H,6,7). The molecule has 0 radical (unpaired) electrons. The zero-order chi connectivity index (χ0) is 22.1. The number of thiophene rings is 1. The number of amides is 2. The van der Waals surface area contributed by atoms with Crippen LogP contribution in [0.3, 0.4) is 0 Å². The minimum atomic E-state index is -5.08. The average Bonchev–Trinajstić information content (AvgIpc) is 3.42. The number of rotatable bonds is 1. The lowest BCUT2D eigenvalue weighted by Gasteiger charge is -2.24. The highest BCUT2D eigenvalue weighted by molar-refractivity contribution is 7.08. The SMILES string of the molecule is CC(=O)N1CCC2(C1)CN(C(=O)c1ccsc1)c1cccnc12.O=C(O)C(F)(F)F. The second-order valence-corrected chi connectivity index (χ2v) is 7.83. The Bertz CT molecular complexity index is 964. The number of carboxylic acids is 1. The van der Waals surface area contributed by atoms with E-state index in [1.807, 2.05) is 38.8 Å². The molecule has 1 fully saturated rings. The Kier molecular flexibility index (Phi) is 5.84. The molecule has 2 aliphatic rings. The van der Waals surface area contributed by atoms with Gasteiger partial charge < -0.3 is 14.9 Å². The van der Waals surface area contributed by atoms with Crippen molar-refractivity contribution < 1.29 is 32.7 Å². The number of carbonyl (C=O) groups is 3. The van der Waals surface area contributed by atoms with E-state index in [0.29, 0.717) is 18.7 Å². The maximum absolute atomic E-state index is 12.9. The molecule has 30 heavy (non-hydrogen) atoms. The summed E-state index contributed by atoms with van der Waals surface area (Å²) in [7, 11) is 0. The van der Waals surface area contributed by atoms with Crippen molar-refractivity contribution in [3.8, 4) is 0 Å². The minimum absolute atomic E-state index is 0.0126. The third-order valence-corrected chi connectivity index (χ3v) is 5.78. The highest BCUT2D eigenvalue weighted by Gasteiger charge is 2.50. The van der Waals surface area contributed by atoms with Crippen molar-refractivity contribution in [1.29, 1.82) is 0 Å². The Hall–Kier alpha value is -2.95. The van der Waals surface area contributed by atoms with Crippen LogP contribution in [-0.4, -0.2) is 58.6 Å². The number of hydrogen-bond acceptors (Lipinski definition) is 5. The summed E-state index contributed by atoms with van der Waals surface area (Å²) in [6.07, 6.45) is -2.46. The molecular weight excluding hydrogens is 423 g/mol. The molecule has 4 heterocycles. The average molecular weight is 441 g/mol. The molecule has 1 saturated heterocycles. The van der Waals surface area contributed by atoms with Crippen molar-refractivity contribution in [3.05, 3.63) is 46.4 Å². The van der Waals surface area contributed by atoms with E-state index in [4.69, 9.17) is 9.90 Å². The van der Waals surface area contributed by atoms with Crippen LogP contribution in [0.2, 0.25) is 0 Å². The van der Waals surface area contributed by atoms with Crippen LogP contribution in [-0.2, 0) is 15.0 Å². The predicted octanol–water partition coefficient (Wildman–Crippen LogP) is 2.93. The predicted molar refractivity (Wildman–Crippen MR) is 102 cm³/mol. The molecular formula is C19H18F3N3O4S. The summed E-state index contributed by atoms with van der Waals surface area (Å²) in [6, 6.07) is 5.67.